The summed E-state index contributed by atoms with van der Waals surface area (Å²) >= 11 is 1.43. The first-order chi connectivity index (χ1) is 20.8. The number of ether oxygens (including phenoxy) is 1. The van der Waals surface area contributed by atoms with Crippen LogP contribution < -0.4 is 20.7 Å². The Morgan fingerprint density at radius 1 is 0.860 bits per heavy atom. The molecule has 1 unspecified atom stereocenters. The van der Waals surface area contributed by atoms with Gasteiger partial charge < -0.3 is 20.7 Å². The molecule has 0 radical (unpaired) electrons. The van der Waals surface area contributed by atoms with Crippen LogP contribution in [-0.4, -0.2) is 30.1 Å². The number of carbonyl (C=O) groups excluding carboxylic acids is 3. The average Bonchev–Trinajstić information content (AvgIpc) is 3.01. The molecule has 4 rings (SSSR count). The van der Waals surface area contributed by atoms with Crippen LogP contribution in [0.25, 0.3) is 6.08 Å². The van der Waals surface area contributed by atoms with Gasteiger partial charge in [0.2, 0.25) is 5.91 Å². The molecule has 0 heterocycles. The summed E-state index contributed by atoms with van der Waals surface area (Å²) in [6, 6.07) is 29.1. The molecule has 7 nitrogen and oxygen atoms in total. The van der Waals surface area contributed by atoms with Gasteiger partial charge in [0.25, 0.3) is 11.8 Å². The van der Waals surface area contributed by atoms with E-state index in [2.05, 4.69) is 16.0 Å². The Morgan fingerprint density at radius 3 is 2.33 bits per heavy atom. The van der Waals surface area contributed by atoms with Gasteiger partial charge in [-0.3, -0.25) is 14.4 Å². The van der Waals surface area contributed by atoms with Crippen molar-refractivity contribution in [1.29, 1.82) is 0 Å². The highest BCUT2D eigenvalue weighted by molar-refractivity contribution is 8.00. The summed E-state index contributed by atoms with van der Waals surface area (Å²) in [6.45, 7) is 5.96. The number of nitrogens with one attached hydrogen (secondary N) is 3. The molecule has 220 valence electrons. The van der Waals surface area contributed by atoms with Crippen LogP contribution in [0.1, 0.15) is 40.4 Å². The molecule has 0 aliphatic heterocycles. The Balaban J connectivity index is 1.52. The lowest BCUT2D eigenvalue weighted by Crippen LogP contribution is -2.30. The zero-order valence-electron chi connectivity index (χ0n) is 24.6. The Kier molecular flexibility index (Phi) is 10.8. The average molecular weight is 594 g/mol. The van der Waals surface area contributed by atoms with Gasteiger partial charge in [0.15, 0.2) is 0 Å². The molecule has 0 aliphatic rings. The Bertz CT molecular complexity index is 1640. The van der Waals surface area contributed by atoms with E-state index in [1.165, 1.54) is 11.8 Å². The third-order valence-corrected chi connectivity index (χ3v) is 8.00. The molecule has 43 heavy (non-hydrogen) atoms. The maximum Gasteiger partial charge on any atom is 0.272 e. The lowest BCUT2D eigenvalue weighted by Gasteiger charge is -2.17. The highest BCUT2D eigenvalue weighted by Crippen LogP contribution is 2.29. The van der Waals surface area contributed by atoms with Crippen LogP contribution in [0.2, 0.25) is 0 Å². The van der Waals surface area contributed by atoms with Crippen LogP contribution in [0.4, 0.5) is 11.4 Å². The molecule has 0 spiro atoms. The highest BCUT2D eigenvalue weighted by Gasteiger charge is 2.20. The molecule has 8 heteroatoms. The van der Waals surface area contributed by atoms with E-state index in [1.54, 1.807) is 55.7 Å². The number of carbonyl (C=O) groups is 3. The third kappa shape index (κ3) is 8.59. The molecule has 4 aromatic carbocycles. The van der Waals surface area contributed by atoms with Crippen molar-refractivity contribution >= 4 is 46.9 Å². The van der Waals surface area contributed by atoms with Crippen molar-refractivity contribution in [2.75, 3.05) is 17.7 Å². The number of hydrogen-bond donors (Lipinski definition) is 3. The van der Waals surface area contributed by atoms with Crippen molar-refractivity contribution in [3.8, 4) is 5.75 Å². The summed E-state index contributed by atoms with van der Waals surface area (Å²) in [5.41, 5.74) is 4.57. The summed E-state index contributed by atoms with van der Waals surface area (Å²) in [5, 5.41) is 8.36. The maximum absolute atomic E-state index is 13.5. The second kappa shape index (κ2) is 14.9. The molecule has 3 N–H and O–H groups in total. The number of para-hydroxylation sites is 1. The zero-order valence-corrected chi connectivity index (χ0v) is 25.5. The minimum absolute atomic E-state index is 0.0516. The van der Waals surface area contributed by atoms with Gasteiger partial charge >= 0.3 is 0 Å². The van der Waals surface area contributed by atoms with Crippen molar-refractivity contribution in [3.63, 3.8) is 0 Å². The van der Waals surface area contributed by atoms with Gasteiger partial charge in [-0.05, 0) is 74.4 Å². The van der Waals surface area contributed by atoms with Crippen LogP contribution in [-0.2, 0) is 9.59 Å². The van der Waals surface area contributed by atoms with Crippen molar-refractivity contribution < 1.29 is 19.1 Å². The molecule has 1 atom stereocenters. The van der Waals surface area contributed by atoms with Crippen molar-refractivity contribution in [3.05, 3.63) is 125 Å². The summed E-state index contributed by atoms with van der Waals surface area (Å²) in [5.74, 6) is -0.441. The van der Waals surface area contributed by atoms with E-state index in [9.17, 15) is 14.4 Å². The van der Waals surface area contributed by atoms with Gasteiger partial charge in [0.05, 0.1) is 12.4 Å². The first-order valence-corrected chi connectivity index (χ1v) is 14.8. The SMILES string of the molecule is CCC(Sc1cccc(NC(=O)/C(=C\c2ccccc2OC)NC(=O)c2ccccc2)c1)C(=O)Nc1ccc(C)cc1C. The molecular formula is C35H35N3O4S. The summed E-state index contributed by atoms with van der Waals surface area (Å²) in [4.78, 5) is 40.5. The van der Waals surface area contributed by atoms with Gasteiger partial charge in [0, 0.05) is 27.4 Å². The van der Waals surface area contributed by atoms with Crippen molar-refractivity contribution in [1.82, 2.24) is 5.32 Å². The number of rotatable bonds is 11. The Hall–Kier alpha value is -4.82. The van der Waals surface area contributed by atoms with Gasteiger partial charge in [-0.25, -0.2) is 0 Å². The van der Waals surface area contributed by atoms with E-state index in [-0.39, 0.29) is 16.9 Å². The largest absolute Gasteiger partial charge is 0.496 e. The lowest BCUT2D eigenvalue weighted by atomic mass is 10.1. The van der Waals surface area contributed by atoms with Crippen molar-refractivity contribution in [2.45, 2.75) is 37.3 Å². The fourth-order valence-corrected chi connectivity index (χ4v) is 5.40. The Morgan fingerprint density at radius 2 is 1.60 bits per heavy atom. The summed E-state index contributed by atoms with van der Waals surface area (Å²) in [7, 11) is 1.55. The van der Waals surface area contributed by atoms with E-state index in [1.807, 2.05) is 75.4 Å². The normalized spacial score (nSPS) is 11.8. The molecule has 0 aromatic heterocycles. The zero-order chi connectivity index (χ0) is 30.8. The number of anilines is 2. The monoisotopic (exact) mass is 593 g/mol. The van der Waals surface area contributed by atoms with E-state index >= 15 is 0 Å². The molecule has 3 amide bonds. The number of thioether (sulfide) groups is 1. The number of hydrogen-bond acceptors (Lipinski definition) is 5. The fourth-order valence-electron chi connectivity index (χ4n) is 4.38. The number of amides is 3. The second-order valence-corrected chi connectivity index (χ2v) is 11.2. The topological polar surface area (TPSA) is 96.5 Å². The van der Waals surface area contributed by atoms with E-state index in [0.29, 0.717) is 29.0 Å². The van der Waals surface area contributed by atoms with Gasteiger partial charge in [-0.1, -0.05) is 67.1 Å². The number of aryl methyl sites for hydroxylation is 2. The maximum atomic E-state index is 13.5. The van der Waals surface area contributed by atoms with Crippen LogP contribution >= 0.6 is 11.8 Å². The third-order valence-electron chi connectivity index (χ3n) is 6.64. The number of methoxy groups -OCH3 is 1. The predicted molar refractivity (Wildman–Crippen MR) is 174 cm³/mol. The van der Waals surface area contributed by atoms with E-state index in [0.717, 1.165) is 21.7 Å². The first kappa shape index (κ1) is 31.1. The van der Waals surface area contributed by atoms with Crippen molar-refractivity contribution in [2.24, 2.45) is 0 Å². The van der Waals surface area contributed by atoms with Crippen LogP contribution in [0.3, 0.4) is 0 Å². The lowest BCUT2D eigenvalue weighted by molar-refractivity contribution is -0.116. The minimum atomic E-state index is -0.503. The minimum Gasteiger partial charge on any atom is -0.496 e. The molecule has 0 fully saturated rings. The molecule has 0 saturated heterocycles. The van der Waals surface area contributed by atoms with Gasteiger partial charge in [0.1, 0.15) is 11.4 Å². The van der Waals surface area contributed by atoms with Crippen LogP contribution in [0, 0.1) is 13.8 Å². The molecule has 0 saturated carbocycles. The smallest absolute Gasteiger partial charge is 0.272 e. The van der Waals surface area contributed by atoms with E-state index < -0.39 is 11.8 Å². The molecular weight excluding hydrogens is 558 g/mol. The molecule has 0 bridgehead atoms. The quantitative estimate of drug-likeness (QED) is 0.126. The molecule has 0 aliphatic carbocycles. The van der Waals surface area contributed by atoms with Gasteiger partial charge in [-0.15, -0.1) is 11.8 Å². The standard InChI is InChI=1S/C35H35N3O4S/c1-5-32(35(41)37-29-19-18-23(2)20-24(29)3)43-28-16-11-15-27(22-28)36-34(40)30(21-26-14-9-10-17-31(26)42-4)38-33(39)25-12-7-6-8-13-25/h6-22,32H,5H2,1-4H3,(H,36,40)(H,37,41)(H,38,39)/b30-21+. The van der Waals surface area contributed by atoms with Gasteiger partial charge in [-0.2, -0.15) is 0 Å². The van der Waals surface area contributed by atoms with Crippen LogP contribution in [0.15, 0.2) is 108 Å². The summed E-state index contributed by atoms with van der Waals surface area (Å²) < 4.78 is 5.44. The highest BCUT2D eigenvalue weighted by atomic mass is 32.2. The Labute approximate surface area is 256 Å². The van der Waals surface area contributed by atoms with E-state index in [4.69, 9.17) is 4.74 Å². The summed E-state index contributed by atoms with van der Waals surface area (Å²) in [6.07, 6.45) is 2.20. The molecule has 4 aromatic rings. The first-order valence-electron chi connectivity index (χ1n) is 13.9. The number of benzene rings is 4. The van der Waals surface area contributed by atoms with Crippen LogP contribution in [0.5, 0.6) is 5.75 Å². The fraction of sp³-hybridized carbons (Fsp3) is 0.171. The predicted octanol–water partition coefficient (Wildman–Crippen LogP) is 7.23. The second-order valence-electron chi connectivity index (χ2n) is 9.92.